The quantitative estimate of drug-likeness (QED) is 0.599. The number of anilines is 5. The molecular weight excluding hydrogens is 345 g/mol. The van der Waals surface area contributed by atoms with E-state index in [4.69, 9.17) is 28.9 Å². The van der Waals surface area contributed by atoms with Gasteiger partial charge in [-0.2, -0.15) is 0 Å². The topological polar surface area (TPSA) is 75.9 Å². The molecule has 7 heteroatoms. The van der Waals surface area contributed by atoms with Crippen molar-refractivity contribution in [3.05, 3.63) is 64.4 Å². The Morgan fingerprint density at radius 1 is 0.917 bits per heavy atom. The van der Waals surface area contributed by atoms with Gasteiger partial charge in [-0.25, -0.2) is 9.97 Å². The van der Waals surface area contributed by atoms with Gasteiger partial charge in [0.15, 0.2) is 11.6 Å². The number of hydrogen-bond donors (Lipinski definition) is 3. The van der Waals surface area contributed by atoms with Gasteiger partial charge in [0, 0.05) is 21.4 Å². The standard InChI is InChI=1S/C17H15Cl2N5/c1-10-5-6-13(8-14(10)19)24-17-15(20)16(21-9-22-17)23-12-4-2-3-11(18)7-12/h2-9H,20H2,1H3,(H2,21,22,23,24). The van der Waals surface area contributed by atoms with E-state index in [9.17, 15) is 0 Å². The van der Waals surface area contributed by atoms with Crippen molar-refractivity contribution >= 4 is 51.9 Å². The Kier molecular flexibility index (Phi) is 4.74. The summed E-state index contributed by atoms with van der Waals surface area (Å²) in [6.45, 7) is 1.94. The van der Waals surface area contributed by atoms with E-state index >= 15 is 0 Å². The van der Waals surface area contributed by atoms with Crippen LogP contribution in [0.2, 0.25) is 10.0 Å². The van der Waals surface area contributed by atoms with E-state index in [0.29, 0.717) is 27.4 Å². The summed E-state index contributed by atoms with van der Waals surface area (Å²) in [7, 11) is 0. The van der Waals surface area contributed by atoms with Gasteiger partial charge in [-0.15, -0.1) is 0 Å². The lowest BCUT2D eigenvalue weighted by Crippen LogP contribution is -2.05. The molecule has 0 amide bonds. The largest absolute Gasteiger partial charge is 0.393 e. The molecule has 0 unspecified atom stereocenters. The molecule has 0 fully saturated rings. The number of nitrogens with zero attached hydrogens (tertiary/aromatic N) is 2. The number of aromatic nitrogens is 2. The fraction of sp³-hybridized carbons (Fsp3) is 0.0588. The van der Waals surface area contributed by atoms with Crippen LogP contribution >= 0.6 is 23.2 Å². The van der Waals surface area contributed by atoms with Crippen LogP contribution < -0.4 is 16.4 Å². The lowest BCUT2D eigenvalue weighted by Gasteiger charge is -2.13. The maximum absolute atomic E-state index is 6.17. The van der Waals surface area contributed by atoms with Crippen LogP contribution in [0.4, 0.5) is 28.7 Å². The van der Waals surface area contributed by atoms with E-state index in [1.807, 2.05) is 37.3 Å². The first-order chi connectivity index (χ1) is 11.5. The molecule has 122 valence electrons. The van der Waals surface area contributed by atoms with Gasteiger partial charge in [0.05, 0.1) is 0 Å². The maximum atomic E-state index is 6.17. The van der Waals surface area contributed by atoms with Gasteiger partial charge in [-0.1, -0.05) is 35.3 Å². The van der Waals surface area contributed by atoms with Crippen LogP contribution in [0.3, 0.4) is 0 Å². The molecule has 0 saturated carbocycles. The first kappa shape index (κ1) is 16.4. The highest BCUT2D eigenvalue weighted by atomic mass is 35.5. The average molecular weight is 360 g/mol. The number of nitrogens with two attached hydrogens (primary N) is 1. The summed E-state index contributed by atoms with van der Waals surface area (Å²) in [6.07, 6.45) is 1.43. The van der Waals surface area contributed by atoms with Crippen molar-refractivity contribution in [2.24, 2.45) is 0 Å². The summed E-state index contributed by atoms with van der Waals surface area (Å²) in [5, 5.41) is 7.58. The molecule has 5 nitrogen and oxygen atoms in total. The van der Waals surface area contributed by atoms with Crippen LogP contribution in [-0.2, 0) is 0 Å². The predicted octanol–water partition coefficient (Wildman–Crippen LogP) is 5.16. The second-order valence-corrected chi connectivity index (χ2v) is 6.05. The Hall–Kier alpha value is -2.50. The maximum Gasteiger partial charge on any atom is 0.159 e. The second-order valence-electron chi connectivity index (χ2n) is 5.21. The molecule has 3 aromatic rings. The summed E-state index contributed by atoms with van der Waals surface area (Å²) < 4.78 is 0. The third-order valence-electron chi connectivity index (χ3n) is 3.41. The zero-order chi connectivity index (χ0) is 17.1. The van der Waals surface area contributed by atoms with Crippen molar-refractivity contribution in [2.45, 2.75) is 6.92 Å². The van der Waals surface area contributed by atoms with Crippen molar-refractivity contribution in [2.75, 3.05) is 16.4 Å². The van der Waals surface area contributed by atoms with Crippen molar-refractivity contribution in [1.29, 1.82) is 0 Å². The highest BCUT2D eigenvalue weighted by Crippen LogP contribution is 2.30. The average Bonchev–Trinajstić information content (AvgIpc) is 2.55. The van der Waals surface area contributed by atoms with Crippen molar-refractivity contribution in [1.82, 2.24) is 9.97 Å². The third kappa shape index (κ3) is 3.69. The Morgan fingerprint density at radius 2 is 1.58 bits per heavy atom. The highest BCUT2D eigenvalue weighted by molar-refractivity contribution is 6.31. The zero-order valence-corrected chi connectivity index (χ0v) is 14.4. The monoisotopic (exact) mass is 359 g/mol. The normalized spacial score (nSPS) is 10.5. The summed E-state index contributed by atoms with van der Waals surface area (Å²) in [5.41, 5.74) is 9.15. The van der Waals surface area contributed by atoms with Gasteiger partial charge in [0.25, 0.3) is 0 Å². The summed E-state index contributed by atoms with van der Waals surface area (Å²) in [5.74, 6) is 0.988. The van der Waals surface area contributed by atoms with Gasteiger partial charge < -0.3 is 16.4 Å². The minimum absolute atomic E-state index is 0.397. The molecule has 0 saturated heterocycles. The van der Waals surface area contributed by atoms with Crippen molar-refractivity contribution in [3.8, 4) is 0 Å². The molecule has 1 heterocycles. The molecule has 1 aromatic heterocycles. The first-order valence-corrected chi connectivity index (χ1v) is 7.95. The third-order valence-corrected chi connectivity index (χ3v) is 4.05. The lowest BCUT2D eigenvalue weighted by molar-refractivity contribution is 1.17. The zero-order valence-electron chi connectivity index (χ0n) is 12.8. The van der Waals surface area contributed by atoms with Gasteiger partial charge in [-0.3, -0.25) is 0 Å². The van der Waals surface area contributed by atoms with E-state index in [2.05, 4.69) is 20.6 Å². The second kappa shape index (κ2) is 6.95. The van der Waals surface area contributed by atoms with Crippen LogP contribution in [0.1, 0.15) is 5.56 Å². The molecule has 0 radical (unpaired) electrons. The van der Waals surface area contributed by atoms with E-state index in [1.165, 1.54) is 6.33 Å². The van der Waals surface area contributed by atoms with E-state index in [0.717, 1.165) is 16.9 Å². The summed E-state index contributed by atoms with van der Waals surface area (Å²) in [6, 6.07) is 13.0. The molecule has 0 spiro atoms. The fourth-order valence-electron chi connectivity index (χ4n) is 2.11. The number of hydrogen-bond acceptors (Lipinski definition) is 5. The molecule has 3 rings (SSSR count). The SMILES string of the molecule is Cc1ccc(Nc2ncnc(Nc3cccc(Cl)c3)c2N)cc1Cl. The molecule has 4 N–H and O–H groups in total. The molecule has 0 aliphatic heterocycles. The minimum atomic E-state index is 0.397. The van der Waals surface area contributed by atoms with E-state index in [-0.39, 0.29) is 0 Å². The van der Waals surface area contributed by atoms with Crippen LogP contribution in [0, 0.1) is 6.92 Å². The molecule has 0 atom stereocenters. The van der Waals surface area contributed by atoms with E-state index < -0.39 is 0 Å². The van der Waals surface area contributed by atoms with Gasteiger partial charge >= 0.3 is 0 Å². The summed E-state index contributed by atoms with van der Waals surface area (Å²) >= 11 is 12.1. The first-order valence-electron chi connectivity index (χ1n) is 7.19. The number of nitrogens with one attached hydrogen (secondary N) is 2. The summed E-state index contributed by atoms with van der Waals surface area (Å²) in [4.78, 5) is 8.37. The molecule has 0 bridgehead atoms. The number of halogens is 2. The van der Waals surface area contributed by atoms with Gasteiger partial charge in [0.1, 0.15) is 12.0 Å². The number of aryl methyl sites for hydroxylation is 1. The number of benzene rings is 2. The molecule has 2 aromatic carbocycles. The molecular formula is C17H15Cl2N5. The Labute approximate surface area is 149 Å². The van der Waals surface area contributed by atoms with Crippen molar-refractivity contribution < 1.29 is 0 Å². The molecule has 0 aliphatic carbocycles. The van der Waals surface area contributed by atoms with Crippen LogP contribution in [0.25, 0.3) is 0 Å². The van der Waals surface area contributed by atoms with Gasteiger partial charge in [0.2, 0.25) is 0 Å². The fourth-order valence-corrected chi connectivity index (χ4v) is 2.48. The smallest absolute Gasteiger partial charge is 0.159 e. The van der Waals surface area contributed by atoms with E-state index in [1.54, 1.807) is 12.1 Å². The Balaban J connectivity index is 1.86. The minimum Gasteiger partial charge on any atom is -0.393 e. The number of nitrogen functional groups attached to an aromatic ring is 1. The lowest BCUT2D eigenvalue weighted by atomic mass is 10.2. The highest BCUT2D eigenvalue weighted by Gasteiger charge is 2.09. The Morgan fingerprint density at radius 3 is 2.21 bits per heavy atom. The molecule has 24 heavy (non-hydrogen) atoms. The number of rotatable bonds is 4. The van der Waals surface area contributed by atoms with Crippen molar-refractivity contribution in [3.63, 3.8) is 0 Å². The van der Waals surface area contributed by atoms with Crippen LogP contribution in [-0.4, -0.2) is 9.97 Å². The predicted molar refractivity (Wildman–Crippen MR) is 101 cm³/mol. The van der Waals surface area contributed by atoms with Gasteiger partial charge in [-0.05, 0) is 42.8 Å². The van der Waals surface area contributed by atoms with Crippen LogP contribution in [0.15, 0.2) is 48.8 Å². The Bertz CT molecular complexity index is 883. The van der Waals surface area contributed by atoms with Crippen LogP contribution in [0.5, 0.6) is 0 Å². The molecule has 0 aliphatic rings.